The minimum atomic E-state index is -0.911. The van der Waals surface area contributed by atoms with E-state index in [-0.39, 0.29) is 24.6 Å². The van der Waals surface area contributed by atoms with E-state index in [2.05, 4.69) is 15.7 Å². The van der Waals surface area contributed by atoms with Crippen molar-refractivity contribution in [1.82, 2.24) is 9.78 Å². The zero-order valence-electron chi connectivity index (χ0n) is 15.7. The highest BCUT2D eigenvalue weighted by atomic mass is 19.1. The molecule has 1 aromatic heterocycles. The van der Waals surface area contributed by atoms with E-state index in [1.54, 1.807) is 13.2 Å². The summed E-state index contributed by atoms with van der Waals surface area (Å²) in [4.78, 5) is 25.3. The van der Waals surface area contributed by atoms with Crippen molar-refractivity contribution in [3.63, 3.8) is 0 Å². The van der Waals surface area contributed by atoms with Crippen molar-refractivity contribution in [2.45, 2.75) is 19.1 Å². The van der Waals surface area contributed by atoms with Gasteiger partial charge in [-0.05, 0) is 17.7 Å². The van der Waals surface area contributed by atoms with E-state index in [9.17, 15) is 14.0 Å². The third-order valence-corrected chi connectivity index (χ3v) is 4.69. The molecule has 2 aromatic carbocycles. The van der Waals surface area contributed by atoms with Crippen molar-refractivity contribution < 1.29 is 18.7 Å². The molecule has 0 bridgehead atoms. The standard InChI is InChI=1S/C21H19FN4O3/c1-29-12-16-19(13-7-3-2-4-8-13)20-24-18(27)11-17(26(20)25-16)21(28)23-15-10-6-5-9-14(15)22/h2-10,17H,11-12H2,1H3,(H,23,28)(H,24,27)/t17-/m0/s1. The highest BCUT2D eigenvalue weighted by molar-refractivity contribution is 6.03. The second-order valence-electron chi connectivity index (χ2n) is 6.65. The van der Waals surface area contributed by atoms with Crippen LogP contribution in [-0.4, -0.2) is 28.7 Å². The van der Waals surface area contributed by atoms with Gasteiger partial charge < -0.3 is 15.4 Å². The lowest BCUT2D eigenvalue weighted by Crippen LogP contribution is -2.36. The van der Waals surface area contributed by atoms with Crippen LogP contribution in [0.5, 0.6) is 0 Å². The Kier molecular flexibility index (Phi) is 5.09. The summed E-state index contributed by atoms with van der Waals surface area (Å²) >= 11 is 0. The number of anilines is 2. The lowest BCUT2D eigenvalue weighted by Gasteiger charge is -2.24. The number of fused-ring (bicyclic) bond motifs is 1. The summed E-state index contributed by atoms with van der Waals surface area (Å²) in [5, 5.41) is 9.91. The maximum Gasteiger partial charge on any atom is 0.249 e. The molecule has 148 valence electrons. The molecule has 2 N–H and O–H groups in total. The Bertz CT molecular complexity index is 1070. The van der Waals surface area contributed by atoms with Gasteiger partial charge in [0.25, 0.3) is 0 Å². The summed E-state index contributed by atoms with van der Waals surface area (Å²) in [7, 11) is 1.55. The fourth-order valence-electron chi connectivity index (χ4n) is 3.40. The molecule has 2 heterocycles. The molecule has 0 radical (unpaired) electrons. The Morgan fingerprint density at radius 1 is 1.24 bits per heavy atom. The molecule has 2 amide bonds. The first-order valence-electron chi connectivity index (χ1n) is 9.09. The fourth-order valence-corrected chi connectivity index (χ4v) is 3.40. The molecule has 0 saturated heterocycles. The van der Waals surface area contributed by atoms with Gasteiger partial charge in [-0.3, -0.25) is 9.59 Å². The molecule has 3 aromatic rings. The lowest BCUT2D eigenvalue weighted by atomic mass is 10.0. The molecule has 29 heavy (non-hydrogen) atoms. The molecule has 4 rings (SSSR count). The molecule has 0 unspecified atom stereocenters. The van der Waals surface area contributed by atoms with Crippen LogP contribution in [-0.2, 0) is 20.9 Å². The van der Waals surface area contributed by atoms with E-state index < -0.39 is 17.8 Å². The van der Waals surface area contributed by atoms with E-state index in [0.29, 0.717) is 17.1 Å². The van der Waals surface area contributed by atoms with Crippen molar-refractivity contribution in [1.29, 1.82) is 0 Å². The van der Waals surface area contributed by atoms with Crippen LogP contribution < -0.4 is 10.6 Å². The number of aromatic nitrogens is 2. The molecule has 0 saturated carbocycles. The highest BCUT2D eigenvalue weighted by Gasteiger charge is 2.35. The Balaban J connectivity index is 1.76. The number of carbonyl (C=O) groups is 2. The largest absolute Gasteiger partial charge is 0.378 e. The highest BCUT2D eigenvalue weighted by Crippen LogP contribution is 2.37. The number of para-hydroxylation sites is 1. The number of carbonyl (C=O) groups excluding carboxylic acids is 2. The maximum atomic E-state index is 13.9. The van der Waals surface area contributed by atoms with Gasteiger partial charge in [-0.25, -0.2) is 9.07 Å². The summed E-state index contributed by atoms with van der Waals surface area (Å²) in [6, 6.07) is 14.4. The van der Waals surface area contributed by atoms with Gasteiger partial charge in [-0.2, -0.15) is 5.10 Å². The summed E-state index contributed by atoms with van der Waals surface area (Å²) in [5.41, 5.74) is 2.19. The Morgan fingerprint density at radius 3 is 2.69 bits per heavy atom. The number of benzene rings is 2. The van der Waals surface area contributed by atoms with E-state index in [1.165, 1.54) is 22.9 Å². The summed E-state index contributed by atoms with van der Waals surface area (Å²) < 4.78 is 20.7. The lowest BCUT2D eigenvalue weighted by molar-refractivity contribution is -0.125. The molecule has 1 aliphatic rings. The number of hydrogen-bond acceptors (Lipinski definition) is 4. The molecule has 1 aliphatic heterocycles. The van der Waals surface area contributed by atoms with Gasteiger partial charge in [0.05, 0.1) is 24.4 Å². The summed E-state index contributed by atoms with van der Waals surface area (Å²) in [5.74, 6) is -0.954. The molecule has 1 atom stereocenters. The van der Waals surface area contributed by atoms with Crippen molar-refractivity contribution in [2.75, 3.05) is 17.7 Å². The van der Waals surface area contributed by atoms with Crippen molar-refractivity contribution in [3.8, 4) is 11.1 Å². The third-order valence-electron chi connectivity index (χ3n) is 4.69. The molecular formula is C21H19FN4O3. The van der Waals surface area contributed by atoms with Crippen molar-refractivity contribution in [2.24, 2.45) is 0 Å². The van der Waals surface area contributed by atoms with E-state index in [0.717, 1.165) is 5.56 Å². The minimum absolute atomic E-state index is 0.0533. The fraction of sp³-hybridized carbons (Fsp3) is 0.190. The zero-order chi connectivity index (χ0) is 20.4. The number of methoxy groups -OCH3 is 1. The number of nitrogens with zero attached hydrogens (tertiary/aromatic N) is 2. The number of amides is 2. The van der Waals surface area contributed by atoms with Crippen molar-refractivity contribution in [3.05, 3.63) is 66.1 Å². The number of ether oxygens (including phenoxy) is 1. The first-order chi connectivity index (χ1) is 14.1. The predicted molar refractivity (Wildman–Crippen MR) is 106 cm³/mol. The summed E-state index contributed by atoms with van der Waals surface area (Å²) in [6.45, 7) is 0.210. The van der Waals surface area contributed by atoms with Crippen LogP contribution in [0.3, 0.4) is 0 Å². The van der Waals surface area contributed by atoms with Crippen LogP contribution >= 0.6 is 0 Å². The van der Waals surface area contributed by atoms with Crippen LogP contribution in [0.2, 0.25) is 0 Å². The second-order valence-corrected chi connectivity index (χ2v) is 6.65. The molecule has 0 aliphatic carbocycles. The average Bonchev–Trinajstić information content (AvgIpc) is 3.07. The van der Waals surface area contributed by atoms with Gasteiger partial charge >= 0.3 is 0 Å². The number of nitrogens with one attached hydrogen (secondary N) is 2. The van der Waals surface area contributed by atoms with Gasteiger partial charge in [0.15, 0.2) is 0 Å². The van der Waals surface area contributed by atoms with Gasteiger partial charge in [-0.1, -0.05) is 42.5 Å². The molecule has 8 heteroatoms. The Labute approximate surface area is 166 Å². The normalized spacial score (nSPS) is 15.5. The Hall–Kier alpha value is -3.52. The van der Waals surface area contributed by atoms with Gasteiger partial charge in [0.2, 0.25) is 11.8 Å². The Morgan fingerprint density at radius 2 is 1.97 bits per heavy atom. The molecule has 0 fully saturated rings. The first kappa shape index (κ1) is 18.8. The predicted octanol–water partition coefficient (Wildman–Crippen LogP) is 3.36. The number of rotatable bonds is 5. The summed E-state index contributed by atoms with van der Waals surface area (Å²) in [6.07, 6.45) is -0.102. The molecular weight excluding hydrogens is 375 g/mol. The van der Waals surface area contributed by atoms with Crippen LogP contribution in [0.4, 0.5) is 15.9 Å². The quantitative estimate of drug-likeness (QED) is 0.695. The number of halogens is 1. The van der Waals surface area contributed by atoms with Crippen LogP contribution in [0.1, 0.15) is 18.2 Å². The van der Waals surface area contributed by atoms with Crippen LogP contribution in [0, 0.1) is 5.82 Å². The van der Waals surface area contributed by atoms with E-state index >= 15 is 0 Å². The monoisotopic (exact) mass is 394 g/mol. The average molecular weight is 394 g/mol. The van der Waals surface area contributed by atoms with Gasteiger partial charge in [0.1, 0.15) is 17.7 Å². The van der Waals surface area contributed by atoms with Gasteiger partial charge in [0, 0.05) is 12.7 Å². The second kappa shape index (κ2) is 7.84. The smallest absolute Gasteiger partial charge is 0.249 e. The molecule has 0 spiro atoms. The number of hydrogen-bond donors (Lipinski definition) is 2. The zero-order valence-corrected chi connectivity index (χ0v) is 15.7. The van der Waals surface area contributed by atoms with Crippen LogP contribution in [0.25, 0.3) is 11.1 Å². The van der Waals surface area contributed by atoms with Crippen molar-refractivity contribution >= 4 is 23.3 Å². The van der Waals surface area contributed by atoms with Crippen LogP contribution in [0.15, 0.2) is 54.6 Å². The topological polar surface area (TPSA) is 85.2 Å². The molecule has 7 nitrogen and oxygen atoms in total. The van der Waals surface area contributed by atoms with E-state index in [4.69, 9.17) is 4.74 Å². The maximum absolute atomic E-state index is 13.9. The van der Waals surface area contributed by atoms with Gasteiger partial charge in [-0.15, -0.1) is 0 Å². The van der Waals surface area contributed by atoms with E-state index in [1.807, 2.05) is 30.3 Å². The minimum Gasteiger partial charge on any atom is -0.378 e. The SMILES string of the molecule is COCc1nn2c(c1-c1ccccc1)NC(=O)C[C@H]2C(=O)Nc1ccccc1F. The third kappa shape index (κ3) is 3.62. The first-order valence-corrected chi connectivity index (χ1v) is 9.09.